The Balaban J connectivity index is 2.04. The summed E-state index contributed by atoms with van der Waals surface area (Å²) in [4.78, 5) is 13.2. The van der Waals surface area contributed by atoms with E-state index in [4.69, 9.17) is 47.6 Å². The lowest BCUT2D eigenvalue weighted by molar-refractivity contribution is -0.341. The van der Waals surface area contributed by atoms with Gasteiger partial charge in [-0.05, 0) is 52.3 Å². The maximum atomic E-state index is 13.2. The largest absolute Gasteiger partial charge is 0.467 e. The van der Waals surface area contributed by atoms with Gasteiger partial charge in [-0.2, -0.15) is 0 Å². The Morgan fingerprint density at radius 3 is 2.51 bits per heavy atom. The number of nitrogens with two attached hydrogens (primary N) is 5. The molecule has 15 nitrogen and oxygen atoms in total. The molecule has 1 saturated heterocycles. The lowest BCUT2D eigenvalue weighted by atomic mass is 9.61. The lowest BCUT2D eigenvalue weighted by Crippen LogP contribution is -2.81. The first-order valence-electron chi connectivity index (χ1n) is 13.2. The molecule has 15 heteroatoms. The smallest absolute Gasteiger partial charge is 0.215 e. The number of hydrogen-bond acceptors (Lipinski definition) is 15. The summed E-state index contributed by atoms with van der Waals surface area (Å²) in [6, 6.07) is -2.51. The summed E-state index contributed by atoms with van der Waals surface area (Å²) in [5.41, 5.74) is 25.3. The Labute approximate surface area is 227 Å². The van der Waals surface area contributed by atoms with Crippen molar-refractivity contribution in [2.45, 2.75) is 98.4 Å². The van der Waals surface area contributed by atoms with Crippen LogP contribution in [0.1, 0.15) is 32.6 Å². The highest BCUT2D eigenvalue weighted by Crippen LogP contribution is 2.46. The van der Waals surface area contributed by atoms with Gasteiger partial charge in [-0.15, -0.1) is 0 Å². The summed E-state index contributed by atoms with van der Waals surface area (Å²) in [6.45, 7) is 0.531. The third-order valence-electron chi connectivity index (χ3n) is 8.11. The Morgan fingerprint density at radius 2 is 1.92 bits per heavy atom. The molecule has 0 aromatic rings. The maximum absolute atomic E-state index is 13.2. The van der Waals surface area contributed by atoms with Crippen LogP contribution in [-0.2, 0) is 23.7 Å². The highest BCUT2D eigenvalue weighted by atomic mass is 16.7. The van der Waals surface area contributed by atoms with Crippen LogP contribution in [0.25, 0.3) is 0 Å². The molecule has 0 amide bonds. The van der Waals surface area contributed by atoms with E-state index in [-0.39, 0.29) is 39.0 Å². The number of rotatable bonds is 11. The van der Waals surface area contributed by atoms with E-state index in [9.17, 15) is 25.2 Å². The number of ether oxygens (including phenoxy) is 4. The number of ketones is 1. The van der Waals surface area contributed by atoms with Gasteiger partial charge in [-0.3, -0.25) is 4.79 Å². The molecule has 15 N–H and O–H groups in total. The summed E-state index contributed by atoms with van der Waals surface area (Å²) in [5.74, 6) is -0.382. The van der Waals surface area contributed by atoms with Crippen LogP contribution in [0.4, 0.5) is 0 Å². The van der Waals surface area contributed by atoms with E-state index < -0.39 is 78.1 Å². The molecule has 0 bridgehead atoms. The van der Waals surface area contributed by atoms with Gasteiger partial charge in [0.25, 0.3) is 0 Å². The minimum Gasteiger partial charge on any atom is -0.467 e. The number of carbonyl (C=O) groups is 1. The van der Waals surface area contributed by atoms with Gasteiger partial charge in [0.15, 0.2) is 12.1 Å². The molecule has 0 spiro atoms. The van der Waals surface area contributed by atoms with Gasteiger partial charge in [0, 0.05) is 6.04 Å². The maximum Gasteiger partial charge on any atom is 0.215 e. The summed E-state index contributed by atoms with van der Waals surface area (Å²) in [7, 11) is 1.55. The molecular weight excluding hydrogens is 516 g/mol. The predicted octanol–water partition coefficient (Wildman–Crippen LogP) is -4.81. The molecule has 2 fully saturated rings. The normalized spacial score (nSPS) is 44.9. The molecule has 0 unspecified atom stereocenters. The first kappa shape index (κ1) is 32.2. The third-order valence-corrected chi connectivity index (χ3v) is 8.11. The first-order valence-corrected chi connectivity index (χ1v) is 13.2. The summed E-state index contributed by atoms with van der Waals surface area (Å²) in [5, 5.41) is 46.4. The predicted molar refractivity (Wildman–Crippen MR) is 138 cm³/mol. The van der Waals surface area contributed by atoms with E-state index in [2.05, 4.69) is 5.32 Å². The minimum atomic E-state index is -2.04. The number of aliphatic hydroxyl groups is 4. The van der Waals surface area contributed by atoms with Crippen molar-refractivity contribution in [1.29, 1.82) is 0 Å². The van der Waals surface area contributed by atoms with Crippen LogP contribution in [0, 0.1) is 0 Å². The lowest BCUT2D eigenvalue weighted by Gasteiger charge is -2.58. The number of likely N-dealkylation sites (N-methyl/N-ethyl adjacent to an activating group) is 1. The molecule has 2 aliphatic heterocycles. The van der Waals surface area contributed by atoms with E-state index in [1.54, 1.807) is 13.1 Å². The van der Waals surface area contributed by atoms with Crippen LogP contribution in [0.3, 0.4) is 0 Å². The van der Waals surface area contributed by atoms with E-state index in [1.807, 2.05) is 0 Å². The molecule has 2 heterocycles. The van der Waals surface area contributed by atoms with Crippen LogP contribution in [0.2, 0.25) is 0 Å². The number of hydrogen-bond donors (Lipinski definition) is 10. The fraction of sp³-hybridized carbons (Fsp3) is 0.875. The molecule has 0 aromatic heterocycles. The Hall–Kier alpha value is -1.31. The van der Waals surface area contributed by atoms with Gasteiger partial charge in [-0.25, -0.2) is 0 Å². The van der Waals surface area contributed by atoms with E-state index >= 15 is 0 Å². The van der Waals surface area contributed by atoms with Crippen molar-refractivity contribution in [2.75, 3.05) is 33.4 Å². The second-order valence-corrected chi connectivity index (χ2v) is 10.9. The minimum absolute atomic E-state index is 0.0851. The van der Waals surface area contributed by atoms with Gasteiger partial charge in [-0.1, -0.05) is 0 Å². The zero-order valence-corrected chi connectivity index (χ0v) is 22.6. The van der Waals surface area contributed by atoms with Crippen LogP contribution < -0.4 is 34.0 Å². The molecule has 11 atom stereocenters. The SMILES string of the molecule is CN[C@@H]1[C@@H](O)[C@@H](O[C@]2(CCCN)[C@@H](O)[C@H](O[C@H]3OC(CN)=CC[C@H]3N)[C@@H](N)C[C@]2(N)C(=O)CO)OC[C@]1(C)O. The van der Waals surface area contributed by atoms with Gasteiger partial charge in [0.05, 0.1) is 25.2 Å². The Bertz CT molecular complexity index is 881. The fourth-order valence-corrected chi connectivity index (χ4v) is 5.90. The van der Waals surface area contributed by atoms with Crippen molar-refractivity contribution in [3.05, 3.63) is 11.8 Å². The van der Waals surface area contributed by atoms with Crippen molar-refractivity contribution in [3.8, 4) is 0 Å². The standard InChI is InChI=1S/C24H46N6O9/c1-22(35)11-36-21(16(33)18(22)30-2)39-24(6-3-7-25)19(34)17(14(28)8-23(24,29)15(32)10-31)38-20-13(27)5-4-12(9-26)37-20/h4,13-14,16-21,30-31,33-35H,3,5-11,25-29H2,1-2H3/t13-,14+,16-,17-,18-,19+,20-,21-,22+,23+,24-/m1/s1. The first-order chi connectivity index (χ1) is 18.3. The molecule has 1 aliphatic carbocycles. The van der Waals surface area contributed by atoms with Gasteiger partial charge < -0.3 is 73.4 Å². The molecule has 1 saturated carbocycles. The molecule has 3 aliphatic rings. The highest BCUT2D eigenvalue weighted by molar-refractivity contribution is 5.91. The summed E-state index contributed by atoms with van der Waals surface area (Å²) >= 11 is 0. The molecule has 39 heavy (non-hydrogen) atoms. The number of Topliss-reactive ketones (excluding diaryl/α,β-unsaturated/α-hetero) is 1. The average Bonchev–Trinajstić information content (AvgIpc) is 2.90. The zero-order valence-electron chi connectivity index (χ0n) is 22.6. The Morgan fingerprint density at radius 1 is 1.23 bits per heavy atom. The van der Waals surface area contributed by atoms with Crippen molar-refractivity contribution < 1.29 is 44.2 Å². The molecule has 0 aromatic carbocycles. The Kier molecular flexibility index (Phi) is 10.5. The highest BCUT2D eigenvalue weighted by Gasteiger charge is 2.67. The fourth-order valence-electron chi connectivity index (χ4n) is 5.90. The monoisotopic (exact) mass is 562 g/mol. The third kappa shape index (κ3) is 6.01. The van der Waals surface area contributed by atoms with Gasteiger partial charge >= 0.3 is 0 Å². The van der Waals surface area contributed by atoms with Crippen LogP contribution in [-0.4, -0.2) is 125 Å². The van der Waals surface area contributed by atoms with Crippen molar-refractivity contribution in [2.24, 2.45) is 28.7 Å². The molecule has 0 radical (unpaired) electrons. The van der Waals surface area contributed by atoms with Crippen LogP contribution >= 0.6 is 0 Å². The van der Waals surface area contributed by atoms with E-state index in [0.717, 1.165) is 0 Å². The van der Waals surface area contributed by atoms with Crippen molar-refractivity contribution in [1.82, 2.24) is 5.32 Å². The topological polar surface area (TPSA) is 277 Å². The number of carbonyl (C=O) groups excluding carboxylic acids is 1. The zero-order chi connectivity index (χ0) is 29.2. The van der Waals surface area contributed by atoms with E-state index in [1.165, 1.54) is 6.92 Å². The second-order valence-electron chi connectivity index (χ2n) is 10.9. The van der Waals surface area contributed by atoms with Crippen LogP contribution in [0.5, 0.6) is 0 Å². The van der Waals surface area contributed by atoms with Gasteiger partial charge in [0.1, 0.15) is 47.4 Å². The average molecular weight is 563 g/mol. The van der Waals surface area contributed by atoms with Crippen molar-refractivity contribution >= 4 is 5.78 Å². The summed E-state index contributed by atoms with van der Waals surface area (Å²) < 4.78 is 23.9. The van der Waals surface area contributed by atoms with E-state index in [0.29, 0.717) is 12.2 Å². The van der Waals surface area contributed by atoms with Crippen LogP contribution in [0.15, 0.2) is 11.8 Å². The number of aliphatic hydroxyl groups excluding tert-OH is 3. The molecule has 226 valence electrons. The van der Waals surface area contributed by atoms with Crippen molar-refractivity contribution in [3.63, 3.8) is 0 Å². The second kappa shape index (κ2) is 12.7. The molecular formula is C24H46N6O9. The quantitative estimate of drug-likeness (QED) is 0.113. The number of nitrogens with one attached hydrogen (secondary N) is 1. The van der Waals surface area contributed by atoms with Gasteiger partial charge in [0.2, 0.25) is 6.29 Å². The summed E-state index contributed by atoms with van der Waals surface area (Å²) in [6.07, 6.45) is -4.79. The molecule has 3 rings (SSSR count).